The minimum absolute atomic E-state index is 0.0217. The van der Waals surface area contributed by atoms with Crippen molar-refractivity contribution in [3.05, 3.63) is 34.1 Å². The minimum Gasteiger partial charge on any atom is -0.507 e. The highest BCUT2D eigenvalue weighted by Gasteiger charge is 2.39. The first kappa shape index (κ1) is 13.6. The average molecular weight is 290 g/mol. The third-order valence-electron chi connectivity index (χ3n) is 3.79. The summed E-state index contributed by atoms with van der Waals surface area (Å²) in [6, 6.07) is 0. The number of rotatable bonds is 2. The molecular formula is C15H14O6. The smallest absolute Gasteiger partial charge is 0.232 e. The molecule has 1 aliphatic heterocycles. The van der Waals surface area contributed by atoms with Crippen LogP contribution in [0.15, 0.2) is 11.8 Å². The van der Waals surface area contributed by atoms with E-state index in [4.69, 9.17) is 9.47 Å². The molecule has 1 heterocycles. The lowest BCUT2D eigenvalue weighted by molar-refractivity contribution is 0.0909. The number of ether oxygens (including phenoxy) is 2. The quantitative estimate of drug-likeness (QED) is 0.847. The van der Waals surface area contributed by atoms with Crippen molar-refractivity contribution in [2.24, 2.45) is 0 Å². The first-order valence-electron chi connectivity index (χ1n) is 6.52. The van der Waals surface area contributed by atoms with E-state index in [-0.39, 0.29) is 40.1 Å². The van der Waals surface area contributed by atoms with Gasteiger partial charge in [0.25, 0.3) is 0 Å². The van der Waals surface area contributed by atoms with Crippen LogP contribution < -0.4 is 4.74 Å². The van der Waals surface area contributed by atoms with Gasteiger partial charge in [-0.15, -0.1) is 0 Å². The first-order valence-corrected chi connectivity index (χ1v) is 6.52. The number of fused-ring (bicyclic) bond motifs is 3. The molecule has 1 aromatic carbocycles. The molecule has 21 heavy (non-hydrogen) atoms. The standard InChI is InChI=1S/C15H14O6/c1-6-3-7-8(5-16)13(18)11-9(17)4-10(20-2)14(19)12(11)15(7)21-6/h4,6,16,18H,3,5H2,1-2H3. The molecule has 0 radical (unpaired) electrons. The average Bonchev–Trinajstić information content (AvgIpc) is 2.82. The Hall–Kier alpha value is -2.34. The Morgan fingerprint density at radius 3 is 2.71 bits per heavy atom. The van der Waals surface area contributed by atoms with Crippen molar-refractivity contribution < 1.29 is 29.3 Å². The van der Waals surface area contributed by atoms with E-state index in [9.17, 15) is 19.8 Å². The van der Waals surface area contributed by atoms with Crippen molar-refractivity contribution in [2.75, 3.05) is 7.11 Å². The van der Waals surface area contributed by atoms with Gasteiger partial charge in [-0.25, -0.2) is 0 Å². The van der Waals surface area contributed by atoms with Crippen LogP contribution in [-0.2, 0) is 17.8 Å². The second-order valence-corrected chi connectivity index (χ2v) is 5.08. The van der Waals surface area contributed by atoms with Crippen LogP contribution in [0.3, 0.4) is 0 Å². The van der Waals surface area contributed by atoms with Crippen LogP contribution in [0.4, 0.5) is 0 Å². The fourth-order valence-corrected chi connectivity index (χ4v) is 2.85. The van der Waals surface area contributed by atoms with Gasteiger partial charge in [-0.05, 0) is 6.92 Å². The molecule has 2 N–H and O–H groups in total. The molecular weight excluding hydrogens is 276 g/mol. The summed E-state index contributed by atoms with van der Waals surface area (Å²) in [7, 11) is 1.30. The van der Waals surface area contributed by atoms with E-state index in [1.54, 1.807) is 0 Å². The highest BCUT2D eigenvalue weighted by Crippen LogP contribution is 2.45. The molecule has 1 unspecified atom stereocenters. The number of hydrogen-bond donors (Lipinski definition) is 2. The van der Waals surface area contributed by atoms with Gasteiger partial charge in [0, 0.05) is 23.6 Å². The highest BCUT2D eigenvalue weighted by atomic mass is 16.5. The summed E-state index contributed by atoms with van der Waals surface area (Å²) < 4.78 is 10.6. The van der Waals surface area contributed by atoms with Gasteiger partial charge in [-0.2, -0.15) is 0 Å². The summed E-state index contributed by atoms with van der Waals surface area (Å²) in [4.78, 5) is 24.6. The molecule has 3 rings (SSSR count). The van der Waals surface area contributed by atoms with Crippen LogP contribution in [0.5, 0.6) is 11.5 Å². The fourth-order valence-electron chi connectivity index (χ4n) is 2.85. The maximum absolute atomic E-state index is 12.4. The Morgan fingerprint density at radius 1 is 1.38 bits per heavy atom. The summed E-state index contributed by atoms with van der Waals surface area (Å²) in [5.41, 5.74) is 0.703. The molecule has 6 heteroatoms. The van der Waals surface area contributed by atoms with Gasteiger partial charge < -0.3 is 19.7 Å². The largest absolute Gasteiger partial charge is 0.507 e. The Balaban J connectivity index is 2.36. The second-order valence-electron chi connectivity index (χ2n) is 5.08. The highest BCUT2D eigenvalue weighted by molar-refractivity contribution is 6.26. The molecule has 0 spiro atoms. The topological polar surface area (TPSA) is 93.1 Å². The number of allylic oxidation sites excluding steroid dienone is 2. The molecule has 1 aliphatic carbocycles. The van der Waals surface area contributed by atoms with Crippen molar-refractivity contribution in [2.45, 2.75) is 26.1 Å². The predicted molar refractivity (Wildman–Crippen MR) is 71.6 cm³/mol. The van der Waals surface area contributed by atoms with Gasteiger partial charge in [-0.1, -0.05) is 0 Å². The Bertz CT molecular complexity index is 701. The zero-order valence-corrected chi connectivity index (χ0v) is 11.6. The number of aromatic hydroxyl groups is 1. The van der Waals surface area contributed by atoms with Gasteiger partial charge in [0.05, 0.1) is 24.8 Å². The van der Waals surface area contributed by atoms with Crippen LogP contribution >= 0.6 is 0 Å². The summed E-state index contributed by atoms with van der Waals surface area (Å²) >= 11 is 0. The van der Waals surface area contributed by atoms with E-state index in [2.05, 4.69) is 0 Å². The SMILES string of the molecule is COC1=CC(=O)c2c(O)c(CO)c3c(c2C1=O)OC(C)C3. The molecule has 0 amide bonds. The van der Waals surface area contributed by atoms with Crippen molar-refractivity contribution in [1.29, 1.82) is 0 Å². The summed E-state index contributed by atoms with van der Waals surface area (Å²) in [6.45, 7) is 1.38. The van der Waals surface area contributed by atoms with Gasteiger partial charge >= 0.3 is 0 Å². The summed E-state index contributed by atoms with van der Waals surface area (Å²) in [6.07, 6.45) is 1.30. The van der Waals surface area contributed by atoms with E-state index < -0.39 is 18.2 Å². The molecule has 1 atom stereocenters. The molecule has 1 aromatic rings. The molecule has 0 bridgehead atoms. The van der Waals surface area contributed by atoms with Gasteiger partial charge in [0.15, 0.2) is 11.5 Å². The van der Waals surface area contributed by atoms with E-state index in [1.165, 1.54) is 7.11 Å². The number of carbonyl (C=O) groups is 2. The minimum atomic E-state index is -0.542. The van der Waals surface area contributed by atoms with Crippen LogP contribution in [0.2, 0.25) is 0 Å². The Morgan fingerprint density at radius 2 is 2.10 bits per heavy atom. The van der Waals surface area contributed by atoms with Crippen molar-refractivity contribution in [3.63, 3.8) is 0 Å². The molecule has 0 saturated heterocycles. The van der Waals surface area contributed by atoms with Crippen LogP contribution in [0.25, 0.3) is 0 Å². The number of aliphatic hydroxyl groups excluding tert-OH is 1. The molecule has 0 saturated carbocycles. The zero-order valence-electron chi connectivity index (χ0n) is 11.6. The molecule has 0 fully saturated rings. The van der Waals surface area contributed by atoms with Crippen LogP contribution in [0.1, 0.15) is 38.8 Å². The lowest BCUT2D eigenvalue weighted by atomic mass is 9.86. The third kappa shape index (κ3) is 1.76. The third-order valence-corrected chi connectivity index (χ3v) is 3.79. The number of phenols is 1. The monoisotopic (exact) mass is 290 g/mol. The van der Waals surface area contributed by atoms with Crippen LogP contribution in [-0.4, -0.2) is 35.0 Å². The van der Waals surface area contributed by atoms with Crippen molar-refractivity contribution in [1.82, 2.24) is 0 Å². The van der Waals surface area contributed by atoms with E-state index in [1.807, 2.05) is 6.92 Å². The Labute approximate surface area is 120 Å². The number of carbonyl (C=O) groups excluding carboxylic acids is 2. The fraction of sp³-hybridized carbons (Fsp3) is 0.333. The molecule has 110 valence electrons. The first-order chi connectivity index (χ1) is 9.99. The zero-order chi connectivity index (χ0) is 15.3. The second kappa shape index (κ2) is 4.60. The van der Waals surface area contributed by atoms with E-state index in [0.717, 1.165) is 6.08 Å². The van der Waals surface area contributed by atoms with Gasteiger partial charge in [-0.3, -0.25) is 9.59 Å². The maximum Gasteiger partial charge on any atom is 0.232 e. The normalized spacial score (nSPS) is 19.8. The van der Waals surface area contributed by atoms with Gasteiger partial charge in [0.1, 0.15) is 17.6 Å². The predicted octanol–water partition coefficient (Wildman–Crippen LogP) is 1.12. The molecule has 0 aromatic heterocycles. The number of Topliss-reactive ketones (excluding diaryl/α,β-unsaturated/α-hetero) is 1. The number of hydrogen-bond acceptors (Lipinski definition) is 6. The summed E-state index contributed by atoms with van der Waals surface area (Å²) in [5.74, 6) is -1.22. The van der Waals surface area contributed by atoms with Crippen molar-refractivity contribution >= 4 is 11.6 Å². The van der Waals surface area contributed by atoms with Crippen LogP contribution in [0, 0.1) is 0 Å². The maximum atomic E-state index is 12.4. The van der Waals surface area contributed by atoms with Gasteiger partial charge in [0.2, 0.25) is 5.78 Å². The number of benzene rings is 1. The number of aliphatic hydroxyl groups is 1. The van der Waals surface area contributed by atoms with E-state index >= 15 is 0 Å². The molecule has 6 nitrogen and oxygen atoms in total. The Kier molecular flexibility index (Phi) is 2.98. The van der Waals surface area contributed by atoms with E-state index in [0.29, 0.717) is 12.0 Å². The van der Waals surface area contributed by atoms with Crippen molar-refractivity contribution in [3.8, 4) is 11.5 Å². The lowest BCUT2D eigenvalue weighted by Gasteiger charge is -2.20. The summed E-state index contributed by atoms with van der Waals surface area (Å²) in [5, 5.41) is 19.7. The number of methoxy groups -OCH3 is 1. The number of ketones is 2. The molecule has 2 aliphatic rings. The lowest BCUT2D eigenvalue weighted by Crippen LogP contribution is -2.20.